The fraction of sp³-hybridized carbons (Fsp3) is 0.278. The third-order valence-corrected chi connectivity index (χ3v) is 4.28. The number of nitrogens with two attached hydrogens (primary N) is 1. The van der Waals surface area contributed by atoms with Crippen LogP contribution in [0.1, 0.15) is 18.4 Å². The van der Waals surface area contributed by atoms with E-state index in [0.29, 0.717) is 28.4 Å². The number of aromatic hydroxyl groups is 1. The van der Waals surface area contributed by atoms with Gasteiger partial charge in [-0.15, -0.1) is 10.2 Å². The third-order valence-electron chi connectivity index (χ3n) is 4.28. The Bertz CT molecular complexity index is 783. The van der Waals surface area contributed by atoms with Crippen LogP contribution in [0.25, 0.3) is 16.8 Å². The largest absolute Gasteiger partial charge is 0.507 e. The first-order chi connectivity index (χ1) is 12.2. The molecule has 0 saturated carbocycles. The molecule has 2 heterocycles. The minimum atomic E-state index is 0.126. The molecule has 7 nitrogen and oxygen atoms in total. The van der Waals surface area contributed by atoms with E-state index in [0.717, 1.165) is 25.9 Å². The predicted octanol–water partition coefficient (Wildman–Crippen LogP) is 1.76. The lowest BCUT2D eigenvalue weighted by Gasteiger charge is -2.23. The molecule has 3 rings (SSSR count). The molecular formula is C18H22N6O. The zero-order chi connectivity index (χ0) is 17.6. The zero-order valence-corrected chi connectivity index (χ0v) is 13.9. The van der Waals surface area contributed by atoms with Gasteiger partial charge in [0, 0.05) is 35.2 Å². The molecule has 0 spiro atoms. The van der Waals surface area contributed by atoms with E-state index in [2.05, 4.69) is 20.8 Å². The Hall–Kier alpha value is -2.93. The Morgan fingerprint density at radius 1 is 1.28 bits per heavy atom. The number of benzene rings is 1. The fourth-order valence-electron chi connectivity index (χ4n) is 2.85. The number of nitrogens with one attached hydrogen (secondary N) is 3. The molecule has 6 N–H and O–H groups in total. The van der Waals surface area contributed by atoms with Crippen molar-refractivity contribution in [1.29, 1.82) is 5.41 Å². The number of phenolic OH excluding ortho intramolecular Hbond substituents is 1. The van der Waals surface area contributed by atoms with Crippen molar-refractivity contribution in [3.05, 3.63) is 42.1 Å². The molecule has 25 heavy (non-hydrogen) atoms. The van der Waals surface area contributed by atoms with E-state index >= 15 is 0 Å². The molecule has 1 aliphatic heterocycles. The number of piperidine rings is 1. The number of phenols is 1. The van der Waals surface area contributed by atoms with Crippen LogP contribution in [0.15, 0.2) is 36.5 Å². The van der Waals surface area contributed by atoms with Crippen LogP contribution in [0.2, 0.25) is 0 Å². The molecule has 0 amide bonds. The van der Waals surface area contributed by atoms with E-state index in [1.54, 1.807) is 24.3 Å². The van der Waals surface area contributed by atoms with E-state index in [4.69, 9.17) is 11.1 Å². The highest BCUT2D eigenvalue weighted by Crippen LogP contribution is 2.29. The van der Waals surface area contributed by atoms with E-state index in [-0.39, 0.29) is 11.6 Å². The average molecular weight is 338 g/mol. The van der Waals surface area contributed by atoms with Gasteiger partial charge < -0.3 is 26.9 Å². The lowest BCUT2D eigenvalue weighted by Crippen LogP contribution is -2.37. The number of anilines is 1. The molecule has 0 bridgehead atoms. The van der Waals surface area contributed by atoms with Gasteiger partial charge in [0.1, 0.15) is 5.75 Å². The van der Waals surface area contributed by atoms with Crippen molar-refractivity contribution < 1.29 is 5.11 Å². The van der Waals surface area contributed by atoms with Crippen LogP contribution in [0, 0.1) is 5.41 Å². The maximum Gasteiger partial charge on any atom is 0.154 e. The summed E-state index contributed by atoms with van der Waals surface area (Å²) in [5, 5.41) is 32.5. The summed E-state index contributed by atoms with van der Waals surface area (Å²) < 4.78 is 0. The number of rotatable bonds is 5. The van der Waals surface area contributed by atoms with E-state index < -0.39 is 0 Å². The summed E-state index contributed by atoms with van der Waals surface area (Å²) in [5.41, 5.74) is 8.30. The van der Waals surface area contributed by atoms with Gasteiger partial charge in [0.05, 0.1) is 5.69 Å². The number of allylic oxidation sites excluding steroid dienone is 1. The van der Waals surface area contributed by atoms with Crippen molar-refractivity contribution in [1.82, 2.24) is 20.8 Å². The zero-order valence-electron chi connectivity index (χ0n) is 13.9. The van der Waals surface area contributed by atoms with E-state index in [9.17, 15) is 5.11 Å². The predicted molar refractivity (Wildman–Crippen MR) is 99.3 cm³/mol. The smallest absolute Gasteiger partial charge is 0.154 e. The van der Waals surface area contributed by atoms with Gasteiger partial charge in [-0.25, -0.2) is 0 Å². The summed E-state index contributed by atoms with van der Waals surface area (Å²) in [6.45, 7) is 1.98. The highest BCUT2D eigenvalue weighted by atomic mass is 16.3. The number of hydrogen-bond acceptors (Lipinski definition) is 7. The Morgan fingerprint density at radius 2 is 2.04 bits per heavy atom. The van der Waals surface area contributed by atoms with Gasteiger partial charge in [0.15, 0.2) is 5.82 Å². The molecule has 0 aliphatic carbocycles. The quantitative estimate of drug-likeness (QED) is 0.530. The number of nitrogens with zero attached hydrogens (tertiary/aromatic N) is 2. The van der Waals surface area contributed by atoms with Crippen LogP contribution in [0.5, 0.6) is 5.75 Å². The van der Waals surface area contributed by atoms with E-state index in [1.165, 1.54) is 6.21 Å². The second-order valence-electron chi connectivity index (χ2n) is 5.98. The summed E-state index contributed by atoms with van der Waals surface area (Å²) in [6.07, 6.45) is 5.13. The number of aromatic nitrogens is 2. The van der Waals surface area contributed by atoms with Gasteiger partial charge in [-0.2, -0.15) is 0 Å². The maximum atomic E-state index is 10.0. The number of nitrogen functional groups attached to an aromatic ring is 1. The van der Waals surface area contributed by atoms with Gasteiger partial charge in [0.2, 0.25) is 0 Å². The lowest BCUT2D eigenvalue weighted by molar-refractivity contribution is 0.420. The highest BCUT2D eigenvalue weighted by Gasteiger charge is 2.14. The summed E-state index contributed by atoms with van der Waals surface area (Å²) in [7, 11) is 0. The molecule has 1 aromatic carbocycles. The van der Waals surface area contributed by atoms with Crippen molar-refractivity contribution >= 4 is 17.6 Å². The first-order valence-corrected chi connectivity index (χ1v) is 8.28. The highest BCUT2D eigenvalue weighted by molar-refractivity contribution is 6.10. The second kappa shape index (κ2) is 7.76. The summed E-state index contributed by atoms with van der Waals surface area (Å²) in [6, 6.07) is 9.05. The maximum absolute atomic E-state index is 10.0. The van der Waals surface area contributed by atoms with Crippen LogP contribution in [-0.4, -0.2) is 40.6 Å². The lowest BCUT2D eigenvalue weighted by atomic mass is 10.0. The van der Waals surface area contributed by atoms with Gasteiger partial charge in [-0.1, -0.05) is 12.1 Å². The molecule has 1 aromatic heterocycles. The van der Waals surface area contributed by atoms with Crippen LogP contribution in [0.3, 0.4) is 0 Å². The summed E-state index contributed by atoms with van der Waals surface area (Å²) >= 11 is 0. The molecule has 1 fully saturated rings. The Morgan fingerprint density at radius 3 is 2.76 bits per heavy atom. The van der Waals surface area contributed by atoms with Gasteiger partial charge in [-0.05, 0) is 44.1 Å². The van der Waals surface area contributed by atoms with Crippen molar-refractivity contribution in [2.75, 3.05) is 18.8 Å². The molecule has 0 unspecified atom stereocenters. The molecule has 7 heteroatoms. The molecule has 2 aromatic rings. The minimum absolute atomic E-state index is 0.126. The van der Waals surface area contributed by atoms with Crippen LogP contribution < -0.4 is 16.4 Å². The van der Waals surface area contributed by atoms with Crippen LogP contribution >= 0.6 is 0 Å². The first kappa shape index (κ1) is 16.9. The normalized spacial score (nSPS) is 15.8. The summed E-state index contributed by atoms with van der Waals surface area (Å²) in [4.78, 5) is 0. The monoisotopic (exact) mass is 338 g/mol. The molecule has 1 saturated heterocycles. The van der Waals surface area contributed by atoms with Gasteiger partial charge in [0.25, 0.3) is 0 Å². The average Bonchev–Trinajstić information content (AvgIpc) is 2.65. The Balaban J connectivity index is 1.90. The second-order valence-corrected chi connectivity index (χ2v) is 5.98. The molecular weight excluding hydrogens is 316 g/mol. The minimum Gasteiger partial charge on any atom is -0.507 e. The van der Waals surface area contributed by atoms with Gasteiger partial charge >= 0.3 is 0 Å². The van der Waals surface area contributed by atoms with Crippen LogP contribution in [-0.2, 0) is 0 Å². The van der Waals surface area contributed by atoms with Crippen molar-refractivity contribution in [3.8, 4) is 17.0 Å². The SMILES string of the molecule is N=C/C(=C\NC1CCNCC1)c1cc(-c2ccccc2O)nnc1N. The first-order valence-electron chi connectivity index (χ1n) is 8.28. The van der Waals surface area contributed by atoms with Crippen LogP contribution in [0.4, 0.5) is 5.82 Å². The molecule has 1 aliphatic rings. The van der Waals surface area contributed by atoms with Gasteiger partial charge in [-0.3, -0.25) is 0 Å². The standard InChI is InChI=1S/C18H22N6O/c19-10-12(11-22-13-5-7-21-8-6-13)15-9-16(23-24-18(15)20)14-3-1-2-4-17(14)25/h1-4,9-11,13,19,21-22,25H,5-8H2,(H2,20,24)/b12-11+,19-10?. The molecule has 0 atom stereocenters. The third kappa shape index (κ3) is 3.95. The number of para-hydroxylation sites is 1. The Labute approximate surface area is 146 Å². The van der Waals surface area contributed by atoms with E-state index in [1.807, 2.05) is 12.3 Å². The Kier molecular flexibility index (Phi) is 5.25. The molecule has 0 radical (unpaired) electrons. The van der Waals surface area contributed by atoms with Crippen molar-refractivity contribution in [2.24, 2.45) is 0 Å². The molecule has 130 valence electrons. The fourth-order valence-corrected chi connectivity index (χ4v) is 2.85. The summed E-state index contributed by atoms with van der Waals surface area (Å²) in [5.74, 6) is 0.377. The van der Waals surface area contributed by atoms with Crippen molar-refractivity contribution in [3.63, 3.8) is 0 Å². The number of hydrogen-bond donors (Lipinski definition) is 5. The van der Waals surface area contributed by atoms with Crippen molar-refractivity contribution in [2.45, 2.75) is 18.9 Å². The topological polar surface area (TPSA) is 120 Å².